The summed E-state index contributed by atoms with van der Waals surface area (Å²) in [6, 6.07) is 9.66. The van der Waals surface area contributed by atoms with Gasteiger partial charge >= 0.3 is 0 Å². The first-order valence-electron chi connectivity index (χ1n) is 9.55. The lowest BCUT2D eigenvalue weighted by atomic mass is 9.97. The molecule has 0 unspecified atom stereocenters. The van der Waals surface area contributed by atoms with Crippen molar-refractivity contribution in [2.45, 2.75) is 24.3 Å². The normalized spacial score (nSPS) is 16.0. The highest BCUT2D eigenvalue weighted by molar-refractivity contribution is 7.98. The van der Waals surface area contributed by atoms with Gasteiger partial charge in [0.15, 0.2) is 0 Å². The number of sulfonamides is 1. The second kappa shape index (κ2) is 10.3. The molecule has 1 aliphatic rings. The van der Waals surface area contributed by atoms with Crippen LogP contribution in [0.1, 0.15) is 24.2 Å². The lowest BCUT2D eigenvalue weighted by Gasteiger charge is -2.30. The number of hydrogen-bond acceptors (Lipinski definition) is 5. The van der Waals surface area contributed by atoms with E-state index in [9.17, 15) is 17.6 Å². The zero-order chi connectivity index (χ0) is 20.7. The fourth-order valence-electron chi connectivity index (χ4n) is 3.26. The second-order valence-corrected chi connectivity index (χ2v) is 10.0. The third-order valence-electron chi connectivity index (χ3n) is 4.88. The first-order valence-corrected chi connectivity index (χ1v) is 12.3. The minimum Gasteiger partial charge on any atom is -0.468 e. The molecule has 2 heterocycles. The molecule has 2 aromatic rings. The fraction of sp³-hybridized carbons (Fsp3) is 0.450. The van der Waals surface area contributed by atoms with Crippen LogP contribution in [0.5, 0.6) is 0 Å². The van der Waals surface area contributed by atoms with Crippen LogP contribution in [0.3, 0.4) is 0 Å². The average Bonchev–Trinajstić information content (AvgIpc) is 3.23. The highest BCUT2D eigenvalue weighted by Crippen LogP contribution is 2.22. The molecule has 0 aliphatic carbocycles. The summed E-state index contributed by atoms with van der Waals surface area (Å²) in [5, 5.41) is 2.93. The van der Waals surface area contributed by atoms with Crippen LogP contribution < -0.4 is 5.32 Å². The molecule has 0 bridgehead atoms. The maximum absolute atomic E-state index is 13.8. The van der Waals surface area contributed by atoms with Gasteiger partial charge in [0.2, 0.25) is 15.9 Å². The van der Waals surface area contributed by atoms with Gasteiger partial charge in [-0.3, -0.25) is 4.79 Å². The Morgan fingerprint density at radius 3 is 2.66 bits per heavy atom. The standard InChI is InChI=1S/C20H25FN2O4S2/c21-19-6-2-1-4-17(19)15-29(25,26)23-10-7-16(8-11-23)20(24)22-9-13-28-14-18-5-3-12-27-18/h1-6,12,16H,7-11,13-15H2,(H,22,24). The van der Waals surface area contributed by atoms with Crippen molar-refractivity contribution in [3.05, 3.63) is 59.8 Å². The van der Waals surface area contributed by atoms with Crippen molar-refractivity contribution in [3.63, 3.8) is 0 Å². The molecule has 6 nitrogen and oxygen atoms in total. The summed E-state index contributed by atoms with van der Waals surface area (Å²) in [5.74, 6) is 1.35. The van der Waals surface area contributed by atoms with Crippen molar-refractivity contribution in [2.75, 3.05) is 25.4 Å². The van der Waals surface area contributed by atoms with Crippen molar-refractivity contribution in [1.82, 2.24) is 9.62 Å². The molecular formula is C20H25FN2O4S2. The van der Waals surface area contributed by atoms with Crippen LogP contribution in [0.25, 0.3) is 0 Å². The van der Waals surface area contributed by atoms with Crippen LogP contribution in [-0.2, 0) is 26.3 Å². The van der Waals surface area contributed by atoms with Crippen molar-refractivity contribution < 1.29 is 22.0 Å². The van der Waals surface area contributed by atoms with Crippen LogP contribution in [0.2, 0.25) is 0 Å². The lowest BCUT2D eigenvalue weighted by molar-refractivity contribution is -0.125. The number of nitrogens with one attached hydrogen (secondary N) is 1. The summed E-state index contributed by atoms with van der Waals surface area (Å²) in [7, 11) is -3.60. The van der Waals surface area contributed by atoms with Gasteiger partial charge in [0.05, 0.1) is 17.8 Å². The maximum Gasteiger partial charge on any atom is 0.223 e. The molecule has 1 fully saturated rings. The van der Waals surface area contributed by atoms with Gasteiger partial charge in [0.25, 0.3) is 0 Å². The number of amides is 1. The molecule has 1 aromatic carbocycles. The van der Waals surface area contributed by atoms with Crippen molar-refractivity contribution in [1.29, 1.82) is 0 Å². The number of carbonyl (C=O) groups is 1. The van der Waals surface area contributed by atoms with Crippen LogP contribution in [0.4, 0.5) is 4.39 Å². The van der Waals surface area contributed by atoms with Crippen LogP contribution in [-0.4, -0.2) is 44.0 Å². The molecule has 0 saturated carbocycles. The third kappa shape index (κ3) is 6.32. The Morgan fingerprint density at radius 2 is 1.97 bits per heavy atom. The van der Waals surface area contributed by atoms with E-state index < -0.39 is 15.8 Å². The van der Waals surface area contributed by atoms with E-state index in [0.29, 0.717) is 19.4 Å². The number of furan rings is 1. The summed E-state index contributed by atoms with van der Waals surface area (Å²) in [6.07, 6.45) is 2.59. The van der Waals surface area contributed by atoms with E-state index in [1.54, 1.807) is 24.1 Å². The Bertz CT molecular complexity index is 895. The zero-order valence-corrected chi connectivity index (χ0v) is 17.7. The monoisotopic (exact) mass is 440 g/mol. The van der Waals surface area contributed by atoms with Gasteiger partial charge in [-0.25, -0.2) is 17.1 Å². The van der Waals surface area contributed by atoms with Crippen molar-refractivity contribution >= 4 is 27.7 Å². The van der Waals surface area contributed by atoms with E-state index in [1.807, 2.05) is 12.1 Å². The van der Waals surface area contributed by atoms with Gasteiger partial charge in [-0.2, -0.15) is 11.8 Å². The van der Waals surface area contributed by atoms with Gasteiger partial charge in [-0.05, 0) is 31.0 Å². The van der Waals surface area contributed by atoms with Gasteiger partial charge in [-0.15, -0.1) is 0 Å². The van der Waals surface area contributed by atoms with E-state index >= 15 is 0 Å². The SMILES string of the molecule is O=C(NCCSCc1ccco1)C1CCN(S(=O)(=O)Cc2ccccc2F)CC1. The largest absolute Gasteiger partial charge is 0.468 e. The first kappa shape index (κ1) is 21.9. The molecule has 1 saturated heterocycles. The molecular weight excluding hydrogens is 415 g/mol. The molecule has 158 valence electrons. The third-order valence-corrected chi connectivity index (χ3v) is 7.69. The van der Waals surface area contributed by atoms with Gasteiger partial charge in [-0.1, -0.05) is 18.2 Å². The average molecular weight is 441 g/mol. The molecule has 0 radical (unpaired) electrons. The number of thioether (sulfide) groups is 1. The maximum atomic E-state index is 13.8. The molecule has 0 spiro atoms. The molecule has 0 atom stereocenters. The fourth-order valence-corrected chi connectivity index (χ4v) is 5.59. The number of piperidine rings is 1. The highest BCUT2D eigenvalue weighted by Gasteiger charge is 2.31. The smallest absolute Gasteiger partial charge is 0.223 e. The van der Waals surface area contributed by atoms with Crippen molar-refractivity contribution in [2.24, 2.45) is 5.92 Å². The minimum absolute atomic E-state index is 0.0326. The number of halogens is 1. The Kier molecular flexibility index (Phi) is 7.74. The molecule has 1 aromatic heterocycles. The van der Waals surface area contributed by atoms with Gasteiger partial charge in [0.1, 0.15) is 11.6 Å². The Balaban J connectivity index is 1.38. The molecule has 1 N–H and O–H groups in total. The number of nitrogens with zero attached hydrogens (tertiary/aromatic N) is 1. The predicted molar refractivity (Wildman–Crippen MR) is 111 cm³/mol. The topological polar surface area (TPSA) is 79.6 Å². The van der Waals surface area contributed by atoms with E-state index in [1.165, 1.54) is 22.5 Å². The zero-order valence-electron chi connectivity index (χ0n) is 16.1. The molecule has 29 heavy (non-hydrogen) atoms. The van der Waals surface area contributed by atoms with Gasteiger partial charge in [0, 0.05) is 36.9 Å². The predicted octanol–water partition coefficient (Wildman–Crippen LogP) is 3.01. The Labute approximate surface area is 174 Å². The minimum atomic E-state index is -3.60. The van der Waals surface area contributed by atoms with Crippen LogP contribution in [0.15, 0.2) is 47.1 Å². The molecule has 1 amide bonds. The number of benzene rings is 1. The number of carbonyl (C=O) groups excluding carboxylic acids is 1. The van der Waals surface area contributed by atoms with Crippen LogP contribution >= 0.6 is 11.8 Å². The Hall–Kier alpha value is -1.84. The van der Waals surface area contributed by atoms with E-state index in [-0.39, 0.29) is 36.2 Å². The summed E-state index contributed by atoms with van der Waals surface area (Å²) in [4.78, 5) is 12.3. The number of hydrogen-bond donors (Lipinski definition) is 1. The summed E-state index contributed by atoms with van der Waals surface area (Å²) in [5.41, 5.74) is 0.166. The first-order chi connectivity index (χ1) is 14.0. The summed E-state index contributed by atoms with van der Waals surface area (Å²) >= 11 is 1.68. The van der Waals surface area contributed by atoms with E-state index in [0.717, 1.165) is 17.3 Å². The van der Waals surface area contributed by atoms with Crippen molar-refractivity contribution in [3.8, 4) is 0 Å². The van der Waals surface area contributed by atoms with E-state index in [4.69, 9.17) is 4.42 Å². The Morgan fingerprint density at radius 1 is 1.21 bits per heavy atom. The molecule has 9 heteroatoms. The molecule has 1 aliphatic heterocycles. The quantitative estimate of drug-likeness (QED) is 0.607. The van der Waals surface area contributed by atoms with Gasteiger partial charge < -0.3 is 9.73 Å². The number of rotatable bonds is 9. The molecule has 3 rings (SSSR count). The summed E-state index contributed by atoms with van der Waals surface area (Å²) in [6.45, 7) is 1.13. The van der Waals surface area contributed by atoms with E-state index in [2.05, 4.69) is 5.32 Å². The van der Waals surface area contributed by atoms with Crippen LogP contribution in [0, 0.1) is 11.7 Å². The second-order valence-electron chi connectivity index (χ2n) is 6.94. The summed E-state index contributed by atoms with van der Waals surface area (Å²) < 4.78 is 45.5. The lowest BCUT2D eigenvalue weighted by Crippen LogP contribution is -2.43. The highest BCUT2D eigenvalue weighted by atomic mass is 32.2.